The van der Waals surface area contributed by atoms with Gasteiger partial charge in [-0.3, -0.25) is 30.6 Å². The van der Waals surface area contributed by atoms with Crippen LogP contribution in [0.2, 0.25) is 0 Å². The molecule has 0 saturated heterocycles. The van der Waals surface area contributed by atoms with Crippen LogP contribution in [0.25, 0.3) is 0 Å². The second kappa shape index (κ2) is 7.47. The topological polar surface area (TPSA) is 101 Å². The van der Waals surface area contributed by atoms with Gasteiger partial charge in [0.15, 0.2) is 0 Å². The maximum atomic E-state index is 11.7. The van der Waals surface area contributed by atoms with Crippen molar-refractivity contribution in [1.29, 1.82) is 0 Å². The molecule has 0 unspecified atom stereocenters. The van der Waals surface area contributed by atoms with Gasteiger partial charge in [0.25, 0.3) is 17.5 Å². The van der Waals surface area contributed by atoms with Gasteiger partial charge in [-0.1, -0.05) is 24.3 Å². The molecule has 2 N–H and O–H groups in total. The number of nitrogens with one attached hydrogen (secondary N) is 2. The van der Waals surface area contributed by atoms with Crippen LogP contribution in [-0.2, 0) is 4.79 Å². The second-order valence-corrected chi connectivity index (χ2v) is 3.64. The van der Waals surface area contributed by atoms with Gasteiger partial charge in [0.05, 0.1) is 4.92 Å². The van der Waals surface area contributed by atoms with Gasteiger partial charge in [0, 0.05) is 23.8 Å². The van der Waals surface area contributed by atoms with Gasteiger partial charge >= 0.3 is 0 Å². The number of rotatable bonds is 4. The van der Waals surface area contributed by atoms with Gasteiger partial charge in [-0.25, -0.2) is 0 Å². The quantitative estimate of drug-likeness (QED) is 0.376. The maximum Gasteiger partial charge on any atom is 0.270 e. The number of amides is 2. The number of nitro benzene ring substituents is 1. The molecule has 1 aromatic rings. The van der Waals surface area contributed by atoms with Crippen molar-refractivity contribution >= 4 is 17.5 Å². The predicted molar refractivity (Wildman–Crippen MR) is 72.7 cm³/mol. The summed E-state index contributed by atoms with van der Waals surface area (Å²) in [5, 5.41) is 10.6. The van der Waals surface area contributed by atoms with E-state index in [2.05, 4.69) is 10.9 Å². The van der Waals surface area contributed by atoms with Gasteiger partial charge in [0.2, 0.25) is 0 Å². The standard InChI is InChI=1S/C13H13N3O4/c1-2-3-4-8-12(17)14-15-13(18)10-6-5-7-11(9-10)16(19)20/h2-9H,1H3,(H,14,17)(H,15,18)/b3-2+,8-4+. The number of hydrogen-bond donors (Lipinski definition) is 2. The van der Waals surface area contributed by atoms with Crippen LogP contribution in [0.3, 0.4) is 0 Å². The summed E-state index contributed by atoms with van der Waals surface area (Å²) >= 11 is 0. The van der Waals surface area contributed by atoms with Crippen LogP contribution < -0.4 is 10.9 Å². The number of hydrogen-bond acceptors (Lipinski definition) is 4. The maximum absolute atomic E-state index is 11.7. The first-order chi connectivity index (χ1) is 9.54. The summed E-state index contributed by atoms with van der Waals surface area (Å²) < 4.78 is 0. The summed E-state index contributed by atoms with van der Waals surface area (Å²) in [6.07, 6.45) is 6.13. The molecule has 0 aliphatic heterocycles. The Kier molecular flexibility index (Phi) is 5.64. The minimum atomic E-state index is -0.638. The summed E-state index contributed by atoms with van der Waals surface area (Å²) in [4.78, 5) is 32.9. The Labute approximate surface area is 115 Å². The summed E-state index contributed by atoms with van der Waals surface area (Å²) in [6, 6.07) is 5.19. The van der Waals surface area contributed by atoms with Crippen molar-refractivity contribution in [3.8, 4) is 0 Å². The van der Waals surface area contributed by atoms with E-state index in [0.29, 0.717) is 0 Å². The lowest BCUT2D eigenvalue weighted by Crippen LogP contribution is -2.40. The van der Waals surface area contributed by atoms with Crippen molar-refractivity contribution in [2.45, 2.75) is 6.92 Å². The molecule has 7 nitrogen and oxygen atoms in total. The van der Waals surface area contributed by atoms with Crippen LogP contribution in [0.15, 0.2) is 48.6 Å². The number of carbonyl (C=O) groups is 2. The molecule has 0 heterocycles. The van der Waals surface area contributed by atoms with E-state index in [1.807, 2.05) is 0 Å². The molecule has 0 atom stereocenters. The average Bonchev–Trinajstić information content (AvgIpc) is 2.45. The van der Waals surface area contributed by atoms with Crippen molar-refractivity contribution in [3.63, 3.8) is 0 Å². The molecule has 0 fully saturated rings. The van der Waals surface area contributed by atoms with Crippen LogP contribution in [0, 0.1) is 10.1 Å². The Hall–Kier alpha value is -2.96. The van der Waals surface area contributed by atoms with E-state index in [4.69, 9.17) is 0 Å². The van der Waals surface area contributed by atoms with E-state index in [1.54, 1.807) is 19.1 Å². The molecule has 0 bridgehead atoms. The first kappa shape index (κ1) is 15.1. The summed E-state index contributed by atoms with van der Waals surface area (Å²) in [5.41, 5.74) is 4.20. The fourth-order valence-electron chi connectivity index (χ4n) is 1.25. The summed E-state index contributed by atoms with van der Waals surface area (Å²) in [7, 11) is 0. The first-order valence-corrected chi connectivity index (χ1v) is 5.68. The minimum Gasteiger partial charge on any atom is -0.268 e. The highest BCUT2D eigenvalue weighted by atomic mass is 16.6. The molecule has 0 spiro atoms. The molecular weight excluding hydrogens is 262 g/mol. The number of nitrogens with zero attached hydrogens (tertiary/aromatic N) is 1. The van der Waals surface area contributed by atoms with E-state index in [9.17, 15) is 19.7 Å². The smallest absolute Gasteiger partial charge is 0.268 e. The molecule has 0 aliphatic rings. The Morgan fingerprint density at radius 1 is 1.25 bits per heavy atom. The summed E-state index contributed by atoms with van der Waals surface area (Å²) in [6.45, 7) is 1.80. The zero-order chi connectivity index (χ0) is 15.0. The van der Waals surface area contributed by atoms with Crippen LogP contribution in [0.4, 0.5) is 5.69 Å². The fourth-order valence-corrected chi connectivity index (χ4v) is 1.25. The van der Waals surface area contributed by atoms with Crippen LogP contribution in [0.5, 0.6) is 0 Å². The number of non-ortho nitro benzene ring substituents is 1. The monoisotopic (exact) mass is 275 g/mol. The van der Waals surface area contributed by atoms with Gasteiger partial charge < -0.3 is 0 Å². The SMILES string of the molecule is C/C=C/C=C/C(=O)NNC(=O)c1cccc([N+](=O)[O-])c1. The zero-order valence-electron chi connectivity index (χ0n) is 10.7. The van der Waals surface area contributed by atoms with Crippen LogP contribution in [0.1, 0.15) is 17.3 Å². The molecule has 20 heavy (non-hydrogen) atoms. The summed E-state index contributed by atoms with van der Waals surface area (Å²) in [5.74, 6) is -1.15. The number of benzene rings is 1. The fraction of sp³-hybridized carbons (Fsp3) is 0.0769. The third-order valence-electron chi connectivity index (χ3n) is 2.17. The van der Waals surface area contributed by atoms with E-state index < -0.39 is 16.7 Å². The highest BCUT2D eigenvalue weighted by molar-refractivity contribution is 5.97. The highest BCUT2D eigenvalue weighted by Crippen LogP contribution is 2.12. The molecule has 104 valence electrons. The number of allylic oxidation sites excluding steroid dienone is 3. The number of carbonyl (C=O) groups excluding carboxylic acids is 2. The average molecular weight is 275 g/mol. The Morgan fingerprint density at radius 3 is 2.65 bits per heavy atom. The molecule has 1 aromatic carbocycles. The van der Waals surface area contributed by atoms with Crippen molar-refractivity contribution in [1.82, 2.24) is 10.9 Å². The van der Waals surface area contributed by atoms with Gasteiger partial charge in [-0.15, -0.1) is 0 Å². The van der Waals surface area contributed by atoms with Gasteiger partial charge in [-0.05, 0) is 13.0 Å². The molecular formula is C13H13N3O4. The van der Waals surface area contributed by atoms with Crippen molar-refractivity contribution in [3.05, 3.63) is 64.2 Å². The van der Waals surface area contributed by atoms with E-state index in [0.717, 1.165) is 6.07 Å². The molecule has 1 rings (SSSR count). The van der Waals surface area contributed by atoms with Gasteiger partial charge in [0.1, 0.15) is 0 Å². The molecule has 0 saturated carbocycles. The lowest BCUT2D eigenvalue weighted by Gasteiger charge is -2.04. The van der Waals surface area contributed by atoms with Crippen molar-refractivity contribution < 1.29 is 14.5 Å². The molecule has 0 aliphatic carbocycles. The normalized spacial score (nSPS) is 10.7. The predicted octanol–water partition coefficient (Wildman–Crippen LogP) is 1.49. The third kappa shape index (κ3) is 4.73. The highest BCUT2D eigenvalue weighted by Gasteiger charge is 2.11. The molecule has 0 aromatic heterocycles. The minimum absolute atomic E-state index is 0.0805. The Bertz CT molecular complexity index is 579. The molecule has 0 radical (unpaired) electrons. The van der Waals surface area contributed by atoms with Gasteiger partial charge in [-0.2, -0.15) is 0 Å². The zero-order valence-corrected chi connectivity index (χ0v) is 10.7. The largest absolute Gasteiger partial charge is 0.270 e. The van der Waals surface area contributed by atoms with E-state index in [-0.39, 0.29) is 11.3 Å². The lowest BCUT2D eigenvalue weighted by molar-refractivity contribution is -0.384. The molecule has 2 amide bonds. The van der Waals surface area contributed by atoms with Crippen LogP contribution >= 0.6 is 0 Å². The van der Waals surface area contributed by atoms with Crippen molar-refractivity contribution in [2.24, 2.45) is 0 Å². The van der Waals surface area contributed by atoms with Crippen molar-refractivity contribution in [2.75, 3.05) is 0 Å². The third-order valence-corrected chi connectivity index (χ3v) is 2.17. The van der Waals surface area contributed by atoms with E-state index >= 15 is 0 Å². The molecule has 7 heteroatoms. The second-order valence-electron chi connectivity index (χ2n) is 3.64. The lowest BCUT2D eigenvalue weighted by atomic mass is 10.2. The first-order valence-electron chi connectivity index (χ1n) is 5.68. The van der Waals surface area contributed by atoms with E-state index in [1.165, 1.54) is 30.4 Å². The number of nitro groups is 1. The number of hydrazine groups is 1. The Balaban J connectivity index is 2.61. The van der Waals surface area contributed by atoms with Crippen LogP contribution in [-0.4, -0.2) is 16.7 Å². The Morgan fingerprint density at radius 2 is 2.00 bits per heavy atom.